The van der Waals surface area contributed by atoms with Gasteiger partial charge in [0.25, 0.3) is 11.7 Å². The van der Waals surface area contributed by atoms with Gasteiger partial charge in [0.05, 0.1) is 11.7 Å². The van der Waals surface area contributed by atoms with Crippen molar-refractivity contribution in [2.75, 3.05) is 4.90 Å². The van der Waals surface area contributed by atoms with Crippen molar-refractivity contribution in [2.24, 2.45) is 0 Å². The van der Waals surface area contributed by atoms with Crippen LogP contribution < -0.4 is 9.64 Å². The number of rotatable bonds is 5. The molecule has 0 radical (unpaired) electrons. The number of carbonyl (C=O) groups is 2. The van der Waals surface area contributed by atoms with Crippen LogP contribution in [0.4, 0.5) is 5.69 Å². The number of Topliss-reactive ketones (excluding diaryl/α,β-unsaturated/α-hetero) is 1. The summed E-state index contributed by atoms with van der Waals surface area (Å²) in [7, 11) is 0. The average molecular weight is 460 g/mol. The van der Waals surface area contributed by atoms with E-state index in [0.717, 1.165) is 16.7 Å². The Kier molecular flexibility index (Phi) is 6.09. The Morgan fingerprint density at radius 1 is 1.00 bits per heavy atom. The molecule has 0 spiro atoms. The van der Waals surface area contributed by atoms with Crippen LogP contribution in [-0.4, -0.2) is 22.9 Å². The second-order valence-corrected chi connectivity index (χ2v) is 8.98. The molecule has 1 aromatic heterocycles. The highest BCUT2D eigenvalue weighted by atomic mass is 16.5. The molecule has 6 heteroatoms. The summed E-state index contributed by atoms with van der Waals surface area (Å²) >= 11 is 0. The van der Waals surface area contributed by atoms with Crippen molar-refractivity contribution in [3.63, 3.8) is 0 Å². The minimum Gasteiger partial charge on any atom is -0.507 e. The quantitative estimate of drug-likeness (QED) is 0.291. The molecule has 2 heterocycles. The molecule has 34 heavy (non-hydrogen) atoms. The Morgan fingerprint density at radius 3 is 2.35 bits per heavy atom. The molecule has 3 aromatic rings. The lowest BCUT2D eigenvalue weighted by Gasteiger charge is -2.25. The number of aliphatic hydroxyl groups is 1. The summed E-state index contributed by atoms with van der Waals surface area (Å²) in [4.78, 5) is 28.1. The van der Waals surface area contributed by atoms with Crippen LogP contribution in [0.3, 0.4) is 0 Å². The van der Waals surface area contributed by atoms with E-state index in [-0.39, 0.29) is 17.4 Å². The van der Waals surface area contributed by atoms with Crippen molar-refractivity contribution in [3.8, 4) is 5.75 Å². The van der Waals surface area contributed by atoms with Crippen LogP contribution in [0.1, 0.15) is 53.7 Å². The van der Waals surface area contributed by atoms with Crippen LogP contribution >= 0.6 is 0 Å². The third kappa shape index (κ3) is 4.00. The number of ketones is 1. The number of aliphatic hydroxyl groups excluding tert-OH is 1. The minimum atomic E-state index is -0.888. The lowest BCUT2D eigenvalue weighted by atomic mass is 9.97. The zero-order valence-corrected chi connectivity index (χ0v) is 20.3. The normalized spacial score (nSPS) is 17.6. The first-order chi connectivity index (χ1) is 16.1. The van der Waals surface area contributed by atoms with Crippen LogP contribution in [0.15, 0.2) is 58.5 Å². The molecule has 2 aromatic carbocycles. The summed E-state index contributed by atoms with van der Waals surface area (Å²) in [5.41, 5.74) is 3.72. The maximum absolute atomic E-state index is 13.3. The number of nitrogens with zero attached hydrogens (tertiary/aromatic N) is 1. The van der Waals surface area contributed by atoms with E-state index in [1.807, 2.05) is 46.8 Å². The summed E-state index contributed by atoms with van der Waals surface area (Å²) in [6, 6.07) is 13.4. The molecule has 1 amide bonds. The van der Waals surface area contributed by atoms with Crippen LogP contribution in [0.5, 0.6) is 5.75 Å². The molecule has 1 atom stereocenters. The smallest absolute Gasteiger partial charge is 0.300 e. The van der Waals surface area contributed by atoms with E-state index < -0.39 is 17.7 Å². The Hall–Kier alpha value is -3.80. The fourth-order valence-corrected chi connectivity index (χ4v) is 4.29. The SMILES string of the molecule is Cc1ccc(C2/C(=C(/O)c3ccc(OC(C)C)c(C)c3)C(=O)C(=O)N2c2cccc(C)c2C)o1. The predicted molar refractivity (Wildman–Crippen MR) is 131 cm³/mol. The van der Waals surface area contributed by atoms with Gasteiger partial charge in [-0.3, -0.25) is 14.5 Å². The van der Waals surface area contributed by atoms with Crippen LogP contribution in [-0.2, 0) is 9.59 Å². The summed E-state index contributed by atoms with van der Waals surface area (Å²) in [6.07, 6.45) is 0.00299. The first kappa shape index (κ1) is 23.4. The lowest BCUT2D eigenvalue weighted by Crippen LogP contribution is -2.30. The second-order valence-electron chi connectivity index (χ2n) is 8.98. The maximum atomic E-state index is 13.3. The van der Waals surface area contributed by atoms with E-state index in [1.54, 1.807) is 43.3 Å². The number of aryl methyl sites for hydroxylation is 3. The number of furan rings is 1. The minimum absolute atomic E-state index is 0.00261. The monoisotopic (exact) mass is 459 g/mol. The summed E-state index contributed by atoms with van der Waals surface area (Å²) in [5.74, 6) is 0.0524. The van der Waals surface area contributed by atoms with Gasteiger partial charge in [0.1, 0.15) is 29.1 Å². The highest BCUT2D eigenvalue weighted by molar-refractivity contribution is 6.51. The zero-order chi connectivity index (χ0) is 24.7. The van der Waals surface area contributed by atoms with Gasteiger partial charge >= 0.3 is 0 Å². The topological polar surface area (TPSA) is 80.0 Å². The summed E-state index contributed by atoms with van der Waals surface area (Å²) in [5, 5.41) is 11.3. The van der Waals surface area contributed by atoms with E-state index in [4.69, 9.17) is 9.15 Å². The van der Waals surface area contributed by atoms with Crippen molar-refractivity contribution < 1.29 is 23.8 Å². The standard InChI is InChI=1S/C28H29NO5/c1-15(2)33-22-13-11-20(14-17(22)4)26(30)24-25(23-12-10-18(5)34-23)29(28(32)27(24)31)21-9-7-8-16(3)19(21)6/h7-15,25,30H,1-6H3/b26-24-. The highest BCUT2D eigenvalue weighted by Crippen LogP contribution is 2.44. The molecule has 176 valence electrons. The number of ether oxygens (including phenoxy) is 1. The van der Waals surface area contributed by atoms with Gasteiger partial charge in [0.2, 0.25) is 0 Å². The number of amides is 1. The Bertz CT molecular complexity index is 1310. The molecule has 1 N–H and O–H groups in total. The molecule has 0 aliphatic carbocycles. The van der Waals surface area contributed by atoms with Crippen LogP contribution in [0.25, 0.3) is 5.76 Å². The van der Waals surface area contributed by atoms with Gasteiger partial charge in [-0.1, -0.05) is 12.1 Å². The molecular weight excluding hydrogens is 430 g/mol. The molecule has 1 unspecified atom stereocenters. The van der Waals surface area contributed by atoms with Gasteiger partial charge in [-0.05, 0) is 94.6 Å². The third-order valence-electron chi connectivity index (χ3n) is 6.12. The van der Waals surface area contributed by atoms with Gasteiger partial charge in [0, 0.05) is 11.3 Å². The number of hydrogen-bond acceptors (Lipinski definition) is 5. The Morgan fingerprint density at radius 2 is 1.74 bits per heavy atom. The van der Waals surface area contributed by atoms with Crippen molar-refractivity contribution in [1.82, 2.24) is 0 Å². The van der Waals surface area contributed by atoms with E-state index in [9.17, 15) is 14.7 Å². The van der Waals surface area contributed by atoms with Crippen LogP contribution in [0.2, 0.25) is 0 Å². The first-order valence-electron chi connectivity index (χ1n) is 11.3. The third-order valence-corrected chi connectivity index (χ3v) is 6.12. The molecule has 1 aliphatic heterocycles. The summed E-state index contributed by atoms with van der Waals surface area (Å²) in [6.45, 7) is 11.4. The molecule has 1 aliphatic rings. The van der Waals surface area contributed by atoms with E-state index >= 15 is 0 Å². The second kappa shape index (κ2) is 8.86. The molecule has 0 bridgehead atoms. The lowest BCUT2D eigenvalue weighted by molar-refractivity contribution is -0.132. The van der Waals surface area contributed by atoms with Gasteiger partial charge in [-0.25, -0.2) is 0 Å². The maximum Gasteiger partial charge on any atom is 0.300 e. The fourth-order valence-electron chi connectivity index (χ4n) is 4.29. The summed E-state index contributed by atoms with van der Waals surface area (Å²) < 4.78 is 11.7. The molecule has 4 rings (SSSR count). The molecule has 0 saturated carbocycles. The number of benzene rings is 2. The van der Waals surface area contributed by atoms with Gasteiger partial charge in [-0.15, -0.1) is 0 Å². The predicted octanol–water partition coefficient (Wildman–Crippen LogP) is 5.93. The van der Waals surface area contributed by atoms with E-state index in [1.165, 1.54) is 4.90 Å². The largest absolute Gasteiger partial charge is 0.507 e. The number of carbonyl (C=O) groups excluding carboxylic acids is 2. The average Bonchev–Trinajstić information content (AvgIpc) is 3.32. The number of anilines is 1. The molecule has 1 fully saturated rings. The molecule has 1 saturated heterocycles. The van der Waals surface area contributed by atoms with Gasteiger partial charge < -0.3 is 14.3 Å². The van der Waals surface area contributed by atoms with Crippen molar-refractivity contribution in [2.45, 2.75) is 53.7 Å². The first-order valence-corrected chi connectivity index (χ1v) is 11.3. The Balaban J connectivity index is 1.91. The fraction of sp³-hybridized carbons (Fsp3) is 0.286. The zero-order valence-electron chi connectivity index (χ0n) is 20.3. The van der Waals surface area contributed by atoms with Crippen molar-refractivity contribution in [1.29, 1.82) is 0 Å². The highest BCUT2D eigenvalue weighted by Gasteiger charge is 2.48. The van der Waals surface area contributed by atoms with Crippen molar-refractivity contribution >= 4 is 23.1 Å². The Labute approximate surface area is 199 Å². The number of hydrogen-bond donors (Lipinski definition) is 1. The molecular formula is C28H29NO5. The van der Waals surface area contributed by atoms with E-state index in [0.29, 0.717) is 28.5 Å². The molecule has 6 nitrogen and oxygen atoms in total. The van der Waals surface area contributed by atoms with Crippen LogP contribution in [0, 0.1) is 27.7 Å². The van der Waals surface area contributed by atoms with Crippen molar-refractivity contribution in [3.05, 3.63) is 87.9 Å². The van der Waals surface area contributed by atoms with Gasteiger partial charge in [-0.2, -0.15) is 0 Å². The van der Waals surface area contributed by atoms with E-state index in [2.05, 4.69) is 0 Å². The van der Waals surface area contributed by atoms with Gasteiger partial charge in [0.15, 0.2) is 0 Å².